The summed E-state index contributed by atoms with van der Waals surface area (Å²) < 4.78 is 25.5. The third-order valence-electron chi connectivity index (χ3n) is 4.13. The van der Waals surface area contributed by atoms with Gasteiger partial charge in [-0.3, -0.25) is 0 Å². The zero-order chi connectivity index (χ0) is 16.8. The highest BCUT2D eigenvalue weighted by atomic mass is 28.4. The molecule has 0 aliphatic carbocycles. The number of halogens is 1. The average Bonchev–Trinajstić information content (AvgIpc) is 2.45. The summed E-state index contributed by atoms with van der Waals surface area (Å²) in [5, 5.41) is -0.0483. The molecule has 0 heterocycles. The third-order valence-corrected chi connectivity index (χ3v) is 8.64. The second-order valence-corrected chi connectivity index (χ2v) is 11.8. The van der Waals surface area contributed by atoms with Crippen molar-refractivity contribution < 1.29 is 18.3 Å². The lowest BCUT2D eigenvalue weighted by Crippen LogP contribution is -2.48. The predicted molar refractivity (Wildman–Crippen MR) is 89.1 cm³/mol. The zero-order valence-electron chi connectivity index (χ0n) is 14.1. The highest BCUT2D eigenvalue weighted by Crippen LogP contribution is 2.37. The Morgan fingerprint density at radius 2 is 1.82 bits per heavy atom. The molecule has 0 saturated heterocycles. The van der Waals surface area contributed by atoms with Gasteiger partial charge >= 0.3 is 0 Å². The fourth-order valence-electron chi connectivity index (χ4n) is 1.70. The van der Waals surface area contributed by atoms with Gasteiger partial charge in [-0.05, 0) is 23.7 Å². The Labute approximate surface area is 134 Å². The Morgan fingerprint density at radius 1 is 1.23 bits per heavy atom. The number of ether oxygens (including phenoxy) is 1. The summed E-state index contributed by atoms with van der Waals surface area (Å²) in [6.45, 7) is 10.8. The molecule has 1 aromatic carbocycles. The molecule has 0 bridgehead atoms. The number of hydrogen-bond acceptors (Lipinski definition) is 3. The molecule has 22 heavy (non-hydrogen) atoms. The number of carbonyl (C=O) groups excluding carboxylic acids is 1. The quantitative estimate of drug-likeness (QED) is 0.532. The molecule has 0 unspecified atom stereocenters. The molecule has 0 N–H and O–H groups in total. The van der Waals surface area contributed by atoms with E-state index in [9.17, 15) is 9.18 Å². The SMILES string of the molecule is CC(C)(C)[Si](C)(C)O[C@H](COCc1ccccc1)[C@H](F)C=O. The van der Waals surface area contributed by atoms with E-state index < -0.39 is 20.6 Å². The molecule has 5 heteroatoms. The molecule has 0 aromatic heterocycles. The Bertz CT molecular complexity index is 457. The summed E-state index contributed by atoms with van der Waals surface area (Å²) in [6.07, 6.45) is -2.21. The molecule has 0 aliphatic heterocycles. The van der Waals surface area contributed by atoms with Crippen LogP contribution < -0.4 is 0 Å². The van der Waals surface area contributed by atoms with Gasteiger partial charge in [-0.25, -0.2) is 4.39 Å². The molecule has 0 fully saturated rings. The van der Waals surface area contributed by atoms with Crippen LogP contribution in [0, 0.1) is 0 Å². The second-order valence-electron chi connectivity index (χ2n) is 7.00. The maximum atomic E-state index is 13.9. The lowest BCUT2D eigenvalue weighted by atomic mass is 10.2. The number of benzene rings is 1. The molecule has 1 aromatic rings. The van der Waals surface area contributed by atoms with Gasteiger partial charge in [0, 0.05) is 0 Å². The predicted octanol–water partition coefficient (Wildman–Crippen LogP) is 4.13. The average molecular weight is 326 g/mol. The number of aldehydes is 1. The monoisotopic (exact) mass is 326 g/mol. The first-order chi connectivity index (χ1) is 10.2. The summed E-state index contributed by atoms with van der Waals surface area (Å²) in [7, 11) is -2.16. The standard InChI is InChI=1S/C17H27FO3Si/c1-17(2,3)22(4,5)21-16(15(18)11-19)13-20-12-14-9-7-6-8-10-14/h6-11,15-16H,12-13H2,1-5H3/t15-,16-/m1/s1. The first kappa shape index (κ1) is 19.0. The van der Waals surface area contributed by atoms with Crippen molar-refractivity contribution in [2.75, 3.05) is 6.61 Å². The molecule has 0 spiro atoms. The van der Waals surface area contributed by atoms with E-state index in [1.54, 1.807) is 0 Å². The lowest BCUT2D eigenvalue weighted by Gasteiger charge is -2.39. The van der Waals surface area contributed by atoms with Crippen LogP contribution in [0.1, 0.15) is 26.3 Å². The van der Waals surface area contributed by atoms with Gasteiger partial charge in [0.2, 0.25) is 0 Å². The van der Waals surface area contributed by atoms with Crippen molar-refractivity contribution in [2.24, 2.45) is 0 Å². The van der Waals surface area contributed by atoms with Crippen molar-refractivity contribution in [1.82, 2.24) is 0 Å². The van der Waals surface area contributed by atoms with Crippen molar-refractivity contribution in [3.63, 3.8) is 0 Å². The first-order valence-electron chi connectivity index (χ1n) is 7.56. The lowest BCUT2D eigenvalue weighted by molar-refractivity contribution is -0.117. The summed E-state index contributed by atoms with van der Waals surface area (Å²) in [5.74, 6) is 0. The molecule has 0 amide bonds. The summed E-state index contributed by atoms with van der Waals surface area (Å²) in [6, 6.07) is 9.65. The maximum Gasteiger partial charge on any atom is 0.192 e. The molecule has 0 aliphatic rings. The van der Waals surface area contributed by atoms with E-state index in [2.05, 4.69) is 20.8 Å². The van der Waals surface area contributed by atoms with Crippen LogP contribution in [0.4, 0.5) is 4.39 Å². The van der Waals surface area contributed by atoms with Crippen LogP contribution in [0.15, 0.2) is 30.3 Å². The zero-order valence-corrected chi connectivity index (χ0v) is 15.1. The van der Waals surface area contributed by atoms with Crippen LogP contribution in [0.3, 0.4) is 0 Å². The third kappa shape index (κ3) is 5.63. The van der Waals surface area contributed by atoms with Gasteiger partial charge in [0.25, 0.3) is 0 Å². The summed E-state index contributed by atoms with van der Waals surface area (Å²) >= 11 is 0. The molecule has 3 nitrogen and oxygen atoms in total. The number of carbonyl (C=O) groups is 1. The van der Waals surface area contributed by atoms with E-state index in [0.717, 1.165) is 5.56 Å². The van der Waals surface area contributed by atoms with Gasteiger partial charge in [0.1, 0.15) is 6.10 Å². The summed E-state index contributed by atoms with van der Waals surface area (Å²) in [4.78, 5) is 10.8. The van der Waals surface area contributed by atoms with E-state index in [1.165, 1.54) is 0 Å². The van der Waals surface area contributed by atoms with Crippen LogP contribution in [0.5, 0.6) is 0 Å². The maximum absolute atomic E-state index is 13.9. The highest BCUT2D eigenvalue weighted by Gasteiger charge is 2.41. The van der Waals surface area contributed by atoms with Crippen molar-refractivity contribution in [2.45, 2.75) is 57.8 Å². The van der Waals surface area contributed by atoms with Gasteiger partial charge in [0.05, 0.1) is 13.2 Å². The van der Waals surface area contributed by atoms with Crippen LogP contribution in [0.25, 0.3) is 0 Å². The van der Waals surface area contributed by atoms with Gasteiger partial charge in [0.15, 0.2) is 20.8 Å². The van der Waals surface area contributed by atoms with E-state index in [0.29, 0.717) is 12.9 Å². The Morgan fingerprint density at radius 3 is 2.32 bits per heavy atom. The topological polar surface area (TPSA) is 35.5 Å². The molecule has 2 atom stereocenters. The van der Waals surface area contributed by atoms with Gasteiger partial charge in [-0.1, -0.05) is 51.1 Å². The molecule has 0 saturated carbocycles. The largest absolute Gasteiger partial charge is 0.408 e. The summed E-state index contributed by atoms with van der Waals surface area (Å²) in [5.41, 5.74) is 1.01. The minimum Gasteiger partial charge on any atom is -0.408 e. The van der Waals surface area contributed by atoms with E-state index >= 15 is 0 Å². The second kappa shape index (κ2) is 7.99. The molecule has 1 rings (SSSR count). The molecular weight excluding hydrogens is 299 g/mol. The molecule has 124 valence electrons. The van der Waals surface area contributed by atoms with Crippen LogP contribution in [0.2, 0.25) is 18.1 Å². The number of alkyl halides is 1. The fraction of sp³-hybridized carbons (Fsp3) is 0.588. The van der Waals surface area contributed by atoms with E-state index in [4.69, 9.17) is 9.16 Å². The normalized spacial score (nSPS) is 15.4. The number of rotatable bonds is 8. The van der Waals surface area contributed by atoms with Crippen molar-refractivity contribution in [3.8, 4) is 0 Å². The Hall–Kier alpha value is -1.04. The van der Waals surface area contributed by atoms with Crippen molar-refractivity contribution in [3.05, 3.63) is 35.9 Å². The van der Waals surface area contributed by atoms with Crippen molar-refractivity contribution in [1.29, 1.82) is 0 Å². The minimum absolute atomic E-state index is 0.0483. The Kier molecular flexibility index (Phi) is 6.90. The van der Waals surface area contributed by atoms with Crippen LogP contribution in [-0.2, 0) is 20.6 Å². The smallest absolute Gasteiger partial charge is 0.192 e. The van der Waals surface area contributed by atoms with Gasteiger partial charge in [-0.2, -0.15) is 0 Å². The number of hydrogen-bond donors (Lipinski definition) is 0. The highest BCUT2D eigenvalue weighted by molar-refractivity contribution is 6.74. The van der Waals surface area contributed by atoms with Crippen LogP contribution in [-0.4, -0.2) is 33.5 Å². The first-order valence-corrected chi connectivity index (χ1v) is 10.5. The van der Waals surface area contributed by atoms with Gasteiger partial charge in [-0.15, -0.1) is 0 Å². The fourth-order valence-corrected chi connectivity index (χ4v) is 3.01. The van der Waals surface area contributed by atoms with E-state index in [1.807, 2.05) is 43.4 Å². The molecular formula is C17H27FO3Si. The van der Waals surface area contributed by atoms with Crippen molar-refractivity contribution >= 4 is 14.6 Å². The Balaban J connectivity index is 2.64. The molecule has 0 radical (unpaired) electrons. The minimum atomic E-state index is -2.16. The van der Waals surface area contributed by atoms with Crippen LogP contribution >= 0.6 is 0 Å². The van der Waals surface area contributed by atoms with Gasteiger partial charge < -0.3 is 14.0 Å². The van der Waals surface area contributed by atoms with E-state index in [-0.39, 0.29) is 11.6 Å².